The highest BCUT2D eigenvalue weighted by Crippen LogP contribution is 2.13. The third kappa shape index (κ3) is 36.2. The van der Waals surface area contributed by atoms with Gasteiger partial charge in [-0.1, -0.05) is 155 Å². The van der Waals surface area contributed by atoms with Gasteiger partial charge in [-0.05, 0) is 58.0 Å². The van der Waals surface area contributed by atoms with Crippen LogP contribution in [0.4, 0.5) is 0 Å². The second kappa shape index (κ2) is 38.8. The van der Waals surface area contributed by atoms with Gasteiger partial charge in [0.2, 0.25) is 0 Å². The van der Waals surface area contributed by atoms with E-state index >= 15 is 0 Å². The number of carbonyl (C=O) groups is 1. The quantitative estimate of drug-likeness (QED) is 0.0390. The Hall–Kier alpha value is -0.690. The zero-order chi connectivity index (χ0) is 33.6. The van der Waals surface area contributed by atoms with Gasteiger partial charge in [-0.2, -0.15) is 0 Å². The lowest BCUT2D eigenvalue weighted by Gasteiger charge is -2.21. The third-order valence-electron chi connectivity index (χ3n) is 9.27. The fraction of sp³-hybridized carbons (Fsp3) is 0.975. The summed E-state index contributed by atoms with van der Waals surface area (Å²) in [5.41, 5.74) is 0. The van der Waals surface area contributed by atoms with Crippen LogP contribution >= 0.6 is 0 Å². The molecule has 0 aliphatic carbocycles. The molecular formula is C40H81NO5. The van der Waals surface area contributed by atoms with Crippen LogP contribution in [0.15, 0.2) is 0 Å². The number of ether oxygens (including phenoxy) is 2. The second-order valence-electron chi connectivity index (χ2n) is 13.8. The molecule has 0 aromatic rings. The van der Waals surface area contributed by atoms with E-state index in [-0.39, 0.29) is 12.6 Å². The predicted octanol–water partition coefficient (Wildman–Crippen LogP) is 10.9. The van der Waals surface area contributed by atoms with E-state index in [0.717, 1.165) is 77.4 Å². The predicted molar refractivity (Wildman–Crippen MR) is 196 cm³/mol. The molecule has 0 fully saturated rings. The van der Waals surface area contributed by atoms with E-state index in [2.05, 4.69) is 18.7 Å². The van der Waals surface area contributed by atoms with Crippen molar-refractivity contribution in [3.8, 4) is 0 Å². The zero-order valence-electron chi connectivity index (χ0n) is 31.1. The van der Waals surface area contributed by atoms with Gasteiger partial charge in [0.25, 0.3) is 0 Å². The first-order valence-electron chi connectivity index (χ1n) is 20.4. The third-order valence-corrected chi connectivity index (χ3v) is 9.27. The molecule has 2 N–H and O–H groups in total. The largest absolute Gasteiger partial charge is 0.466 e. The van der Waals surface area contributed by atoms with Crippen molar-refractivity contribution in [3.63, 3.8) is 0 Å². The molecule has 6 nitrogen and oxygen atoms in total. The van der Waals surface area contributed by atoms with Crippen molar-refractivity contribution in [2.24, 2.45) is 0 Å². The maximum atomic E-state index is 12.0. The lowest BCUT2D eigenvalue weighted by molar-refractivity contribution is -0.143. The van der Waals surface area contributed by atoms with Gasteiger partial charge in [0, 0.05) is 19.6 Å². The number of rotatable bonds is 39. The van der Waals surface area contributed by atoms with Crippen LogP contribution in [0.2, 0.25) is 0 Å². The van der Waals surface area contributed by atoms with Crippen molar-refractivity contribution in [1.82, 2.24) is 4.90 Å². The van der Waals surface area contributed by atoms with Crippen molar-refractivity contribution in [2.75, 3.05) is 39.5 Å². The first kappa shape index (κ1) is 45.3. The summed E-state index contributed by atoms with van der Waals surface area (Å²) in [6.45, 7) is 8.87. The summed E-state index contributed by atoms with van der Waals surface area (Å²) in [7, 11) is 0. The second-order valence-corrected chi connectivity index (χ2v) is 13.8. The molecule has 0 aliphatic rings. The summed E-state index contributed by atoms with van der Waals surface area (Å²) < 4.78 is 11.0. The molecule has 1 unspecified atom stereocenters. The van der Waals surface area contributed by atoms with Crippen LogP contribution in [0.1, 0.15) is 206 Å². The fourth-order valence-corrected chi connectivity index (χ4v) is 6.18. The Labute approximate surface area is 287 Å². The number of nitrogens with zero attached hydrogens (tertiary/aromatic N) is 1. The summed E-state index contributed by atoms with van der Waals surface area (Å²) in [6, 6.07) is 0. The van der Waals surface area contributed by atoms with Gasteiger partial charge in [0.05, 0.1) is 13.2 Å². The first-order chi connectivity index (χ1) is 22.6. The first-order valence-corrected chi connectivity index (χ1v) is 20.4. The molecule has 0 saturated carbocycles. The molecule has 276 valence electrons. The minimum absolute atomic E-state index is 0.0254. The van der Waals surface area contributed by atoms with Crippen LogP contribution in [0.3, 0.4) is 0 Å². The fourth-order valence-electron chi connectivity index (χ4n) is 6.18. The normalized spacial score (nSPS) is 12.3. The van der Waals surface area contributed by atoms with Gasteiger partial charge in [-0.15, -0.1) is 0 Å². The summed E-state index contributed by atoms with van der Waals surface area (Å²) in [5.74, 6) is -0.0254. The molecule has 46 heavy (non-hydrogen) atoms. The minimum Gasteiger partial charge on any atom is -0.466 e. The Kier molecular flexibility index (Phi) is 38.2. The average molecular weight is 656 g/mol. The van der Waals surface area contributed by atoms with E-state index in [1.54, 1.807) is 0 Å². The Bertz CT molecular complexity index is 590. The minimum atomic E-state index is -0.600. The van der Waals surface area contributed by atoms with E-state index < -0.39 is 6.29 Å². The Morgan fingerprint density at radius 2 is 0.935 bits per heavy atom. The van der Waals surface area contributed by atoms with Gasteiger partial charge in [-0.25, -0.2) is 0 Å². The topological polar surface area (TPSA) is 79.2 Å². The van der Waals surface area contributed by atoms with E-state index in [9.17, 15) is 15.0 Å². The van der Waals surface area contributed by atoms with Gasteiger partial charge < -0.3 is 24.6 Å². The van der Waals surface area contributed by atoms with Crippen molar-refractivity contribution >= 4 is 5.97 Å². The molecular weight excluding hydrogens is 574 g/mol. The SMILES string of the molecule is CCCCCCCCCCCOC(=O)CCCCCCCN(CCO)CCCCCCCC(O)OCCCCCCCCCCC. The monoisotopic (exact) mass is 656 g/mol. The molecule has 0 heterocycles. The molecule has 0 aromatic heterocycles. The Balaban J connectivity index is 3.52. The average Bonchev–Trinajstić information content (AvgIpc) is 3.05. The number of esters is 1. The molecule has 0 aliphatic heterocycles. The maximum absolute atomic E-state index is 12.0. The van der Waals surface area contributed by atoms with E-state index in [4.69, 9.17) is 9.47 Å². The van der Waals surface area contributed by atoms with Crippen LogP contribution in [0.25, 0.3) is 0 Å². The number of hydrogen-bond donors (Lipinski definition) is 2. The number of unbranched alkanes of at least 4 members (excludes halogenated alkanes) is 24. The van der Waals surface area contributed by atoms with Crippen LogP contribution in [-0.4, -0.2) is 66.8 Å². The highest BCUT2D eigenvalue weighted by molar-refractivity contribution is 5.69. The lowest BCUT2D eigenvalue weighted by atomic mass is 10.1. The number of aliphatic hydroxyl groups excluding tert-OH is 2. The van der Waals surface area contributed by atoms with Gasteiger partial charge in [0.15, 0.2) is 6.29 Å². The summed E-state index contributed by atoms with van der Waals surface area (Å²) in [5, 5.41) is 19.6. The van der Waals surface area contributed by atoms with E-state index in [1.807, 2.05) is 0 Å². The van der Waals surface area contributed by atoms with Crippen LogP contribution in [-0.2, 0) is 14.3 Å². The van der Waals surface area contributed by atoms with Crippen molar-refractivity contribution in [2.45, 2.75) is 213 Å². The number of hydrogen-bond acceptors (Lipinski definition) is 6. The highest BCUT2D eigenvalue weighted by Gasteiger charge is 2.07. The highest BCUT2D eigenvalue weighted by atomic mass is 16.6. The van der Waals surface area contributed by atoms with Crippen molar-refractivity contribution in [3.05, 3.63) is 0 Å². The molecule has 0 amide bonds. The van der Waals surface area contributed by atoms with E-state index in [1.165, 1.54) is 128 Å². The van der Waals surface area contributed by atoms with E-state index in [0.29, 0.717) is 19.6 Å². The molecule has 0 bridgehead atoms. The van der Waals surface area contributed by atoms with Gasteiger partial charge in [-0.3, -0.25) is 4.79 Å². The summed E-state index contributed by atoms with van der Waals surface area (Å²) in [4.78, 5) is 14.4. The molecule has 0 spiro atoms. The van der Waals surface area contributed by atoms with Gasteiger partial charge in [0.1, 0.15) is 0 Å². The van der Waals surface area contributed by atoms with Crippen LogP contribution in [0.5, 0.6) is 0 Å². The summed E-state index contributed by atoms with van der Waals surface area (Å²) >= 11 is 0. The van der Waals surface area contributed by atoms with Crippen LogP contribution in [0, 0.1) is 0 Å². The Morgan fingerprint density at radius 1 is 0.522 bits per heavy atom. The van der Waals surface area contributed by atoms with Crippen molar-refractivity contribution in [1.29, 1.82) is 0 Å². The smallest absolute Gasteiger partial charge is 0.305 e. The standard InChI is InChI=1S/C40H81NO5/c1-3-5-7-9-11-13-15-23-29-37-45-39(43)31-25-19-17-21-27-33-41(35-36-42)34-28-22-18-20-26-32-40(44)46-38-30-24-16-14-12-10-8-6-4-2/h39,42-43H,3-38H2,1-2H3. The van der Waals surface area contributed by atoms with Crippen molar-refractivity contribution < 1.29 is 24.5 Å². The summed E-state index contributed by atoms with van der Waals surface area (Å²) in [6.07, 6.45) is 35.2. The van der Waals surface area contributed by atoms with Crippen LogP contribution < -0.4 is 0 Å². The maximum Gasteiger partial charge on any atom is 0.305 e. The number of carbonyl (C=O) groups excluding carboxylic acids is 1. The molecule has 6 heteroatoms. The van der Waals surface area contributed by atoms with Gasteiger partial charge >= 0.3 is 5.97 Å². The zero-order valence-corrected chi connectivity index (χ0v) is 31.1. The molecule has 1 atom stereocenters. The molecule has 0 aromatic carbocycles. The Morgan fingerprint density at radius 3 is 1.43 bits per heavy atom. The number of aliphatic hydroxyl groups is 2. The molecule has 0 rings (SSSR count). The lowest BCUT2D eigenvalue weighted by Crippen LogP contribution is -2.29. The molecule has 0 saturated heterocycles. The molecule has 0 radical (unpaired) electrons.